The molecule has 1 aliphatic rings. The second kappa shape index (κ2) is 5.41. The summed E-state index contributed by atoms with van der Waals surface area (Å²) in [6, 6.07) is 6.18. The highest BCUT2D eigenvalue weighted by Crippen LogP contribution is 2.34. The molecule has 0 fully saturated rings. The number of hydrogen-bond acceptors (Lipinski definition) is 3. The first-order valence-electron chi connectivity index (χ1n) is 6.26. The SMILES string of the molecule is CC1c2ccsc2CCN1Cc1nc(Cl)ccc1Cl. The minimum atomic E-state index is 0.409. The van der Waals surface area contributed by atoms with Crippen molar-refractivity contribution in [2.75, 3.05) is 6.54 Å². The summed E-state index contributed by atoms with van der Waals surface area (Å²) < 4.78 is 0. The predicted molar refractivity (Wildman–Crippen MR) is 81.1 cm³/mol. The van der Waals surface area contributed by atoms with Crippen LogP contribution in [0, 0.1) is 0 Å². The van der Waals surface area contributed by atoms with Crippen molar-refractivity contribution in [3.63, 3.8) is 0 Å². The van der Waals surface area contributed by atoms with Gasteiger partial charge in [-0.1, -0.05) is 23.2 Å². The van der Waals surface area contributed by atoms with Crippen LogP contribution in [-0.4, -0.2) is 16.4 Å². The highest BCUT2D eigenvalue weighted by atomic mass is 35.5. The molecule has 3 rings (SSSR count). The Balaban J connectivity index is 1.83. The van der Waals surface area contributed by atoms with Gasteiger partial charge in [0.2, 0.25) is 0 Å². The van der Waals surface area contributed by atoms with Gasteiger partial charge in [-0.25, -0.2) is 4.98 Å². The largest absolute Gasteiger partial charge is 0.290 e. The molecule has 0 spiro atoms. The van der Waals surface area contributed by atoms with Crippen LogP contribution in [0.25, 0.3) is 0 Å². The van der Waals surface area contributed by atoms with Crippen LogP contribution in [0.15, 0.2) is 23.6 Å². The third-order valence-corrected chi connectivity index (χ3v) is 5.19. The average Bonchev–Trinajstić information content (AvgIpc) is 2.86. The summed E-state index contributed by atoms with van der Waals surface area (Å²) in [5.41, 5.74) is 2.30. The molecule has 100 valence electrons. The second-order valence-corrected chi connectivity index (χ2v) is 6.55. The number of aromatic nitrogens is 1. The fraction of sp³-hybridized carbons (Fsp3) is 0.357. The molecular formula is C14H14Cl2N2S. The number of rotatable bonds is 2. The van der Waals surface area contributed by atoms with Crippen molar-refractivity contribution in [1.29, 1.82) is 0 Å². The summed E-state index contributed by atoms with van der Waals surface area (Å²) in [5, 5.41) is 3.36. The first-order valence-corrected chi connectivity index (χ1v) is 7.90. The van der Waals surface area contributed by atoms with Crippen LogP contribution in [-0.2, 0) is 13.0 Å². The third kappa shape index (κ3) is 2.65. The maximum Gasteiger partial charge on any atom is 0.129 e. The summed E-state index contributed by atoms with van der Waals surface area (Å²) >= 11 is 14.0. The van der Waals surface area contributed by atoms with Gasteiger partial charge in [0.15, 0.2) is 0 Å². The van der Waals surface area contributed by atoms with Crippen LogP contribution in [0.5, 0.6) is 0 Å². The Kier molecular flexibility index (Phi) is 3.81. The molecule has 2 aromatic rings. The van der Waals surface area contributed by atoms with Crippen molar-refractivity contribution >= 4 is 34.5 Å². The zero-order valence-corrected chi connectivity index (χ0v) is 12.9. The minimum Gasteiger partial charge on any atom is -0.290 e. The topological polar surface area (TPSA) is 16.1 Å². The van der Waals surface area contributed by atoms with Gasteiger partial charge in [0.05, 0.1) is 10.7 Å². The monoisotopic (exact) mass is 312 g/mol. The van der Waals surface area contributed by atoms with Crippen LogP contribution >= 0.6 is 34.5 Å². The number of thiophene rings is 1. The van der Waals surface area contributed by atoms with Gasteiger partial charge in [-0.2, -0.15) is 0 Å². The minimum absolute atomic E-state index is 0.409. The summed E-state index contributed by atoms with van der Waals surface area (Å²) in [6.07, 6.45) is 1.11. The lowest BCUT2D eigenvalue weighted by Crippen LogP contribution is -2.33. The average molecular weight is 313 g/mol. The van der Waals surface area contributed by atoms with Crippen molar-refractivity contribution in [1.82, 2.24) is 9.88 Å². The van der Waals surface area contributed by atoms with Crippen LogP contribution in [0.2, 0.25) is 10.2 Å². The number of halogens is 2. The molecule has 1 unspecified atom stereocenters. The second-order valence-electron chi connectivity index (χ2n) is 4.76. The third-order valence-electron chi connectivity index (χ3n) is 3.64. The fourth-order valence-electron chi connectivity index (χ4n) is 2.54. The molecule has 0 aromatic carbocycles. The molecule has 1 atom stereocenters. The first kappa shape index (κ1) is 13.4. The Labute approximate surface area is 127 Å². The van der Waals surface area contributed by atoms with Gasteiger partial charge in [-0.05, 0) is 42.5 Å². The lowest BCUT2D eigenvalue weighted by atomic mass is 10.0. The van der Waals surface area contributed by atoms with Crippen LogP contribution < -0.4 is 0 Å². The number of nitrogens with zero attached hydrogens (tertiary/aromatic N) is 2. The highest BCUT2D eigenvalue weighted by molar-refractivity contribution is 7.10. The zero-order valence-electron chi connectivity index (χ0n) is 10.6. The van der Waals surface area contributed by atoms with Gasteiger partial charge in [-0.3, -0.25) is 4.90 Å². The fourth-order valence-corrected chi connectivity index (χ4v) is 3.83. The zero-order chi connectivity index (χ0) is 13.4. The molecule has 0 aliphatic carbocycles. The van der Waals surface area contributed by atoms with Crippen molar-refractivity contribution in [2.24, 2.45) is 0 Å². The van der Waals surface area contributed by atoms with Gasteiger partial charge in [0, 0.05) is 24.0 Å². The van der Waals surface area contributed by atoms with E-state index in [2.05, 4.69) is 28.3 Å². The van der Waals surface area contributed by atoms with Crippen LogP contribution in [0.1, 0.15) is 29.1 Å². The predicted octanol–water partition coefficient (Wildman–Crippen LogP) is 4.57. The van der Waals surface area contributed by atoms with Crippen LogP contribution in [0.3, 0.4) is 0 Å². The lowest BCUT2D eigenvalue weighted by Gasteiger charge is -2.33. The van der Waals surface area contributed by atoms with Crippen molar-refractivity contribution < 1.29 is 0 Å². The van der Waals surface area contributed by atoms with Gasteiger partial charge >= 0.3 is 0 Å². The highest BCUT2D eigenvalue weighted by Gasteiger charge is 2.25. The molecule has 0 N–H and O–H groups in total. The molecule has 2 nitrogen and oxygen atoms in total. The molecule has 0 radical (unpaired) electrons. The molecule has 2 aromatic heterocycles. The summed E-state index contributed by atoms with van der Waals surface area (Å²) in [4.78, 5) is 8.25. The van der Waals surface area contributed by atoms with Crippen LogP contribution in [0.4, 0.5) is 0 Å². The molecule has 5 heteroatoms. The van der Waals surface area contributed by atoms with E-state index in [0.29, 0.717) is 16.2 Å². The first-order chi connectivity index (χ1) is 9.15. The van der Waals surface area contributed by atoms with Crippen molar-refractivity contribution in [3.05, 3.63) is 49.9 Å². The lowest BCUT2D eigenvalue weighted by molar-refractivity contribution is 0.189. The Morgan fingerprint density at radius 2 is 2.21 bits per heavy atom. The Hall–Kier alpha value is -0.610. The van der Waals surface area contributed by atoms with E-state index >= 15 is 0 Å². The standard InChI is InChI=1S/C14H14Cl2N2S/c1-9-10-5-7-19-13(10)4-6-18(9)8-12-11(15)2-3-14(16)17-12/h2-3,5,7,9H,4,6,8H2,1H3. The van der Waals surface area contributed by atoms with Crippen molar-refractivity contribution in [3.8, 4) is 0 Å². The Bertz CT molecular complexity index is 597. The molecule has 1 aliphatic heterocycles. The van der Waals surface area contributed by atoms with Gasteiger partial charge in [-0.15, -0.1) is 11.3 Å². The Morgan fingerprint density at radius 3 is 3.05 bits per heavy atom. The maximum atomic E-state index is 6.20. The van der Waals surface area contributed by atoms with E-state index in [9.17, 15) is 0 Å². The van der Waals surface area contributed by atoms with E-state index in [1.54, 1.807) is 6.07 Å². The molecular weight excluding hydrogens is 299 g/mol. The van der Waals surface area contributed by atoms with E-state index in [0.717, 1.165) is 25.2 Å². The maximum absolute atomic E-state index is 6.20. The van der Waals surface area contributed by atoms with E-state index < -0.39 is 0 Å². The molecule has 3 heterocycles. The molecule has 0 amide bonds. The quantitative estimate of drug-likeness (QED) is 0.755. The number of fused-ring (bicyclic) bond motifs is 1. The normalized spacial score (nSPS) is 19.4. The summed E-state index contributed by atoms with van der Waals surface area (Å²) in [6.45, 7) is 4.03. The van der Waals surface area contributed by atoms with E-state index in [1.165, 1.54) is 10.4 Å². The molecule has 0 bridgehead atoms. The van der Waals surface area contributed by atoms with Gasteiger partial charge in [0.25, 0.3) is 0 Å². The molecule has 0 saturated carbocycles. The Morgan fingerprint density at radius 1 is 1.37 bits per heavy atom. The van der Waals surface area contributed by atoms with Gasteiger partial charge in [0.1, 0.15) is 5.15 Å². The van der Waals surface area contributed by atoms with E-state index in [-0.39, 0.29) is 0 Å². The molecule has 0 saturated heterocycles. The number of hydrogen-bond donors (Lipinski definition) is 0. The van der Waals surface area contributed by atoms with Crippen molar-refractivity contribution in [2.45, 2.75) is 25.9 Å². The summed E-state index contributed by atoms with van der Waals surface area (Å²) in [7, 11) is 0. The van der Waals surface area contributed by atoms with E-state index in [1.807, 2.05) is 17.4 Å². The van der Waals surface area contributed by atoms with E-state index in [4.69, 9.17) is 23.2 Å². The molecule has 19 heavy (non-hydrogen) atoms. The number of pyridine rings is 1. The van der Waals surface area contributed by atoms with Gasteiger partial charge < -0.3 is 0 Å². The summed E-state index contributed by atoms with van der Waals surface area (Å²) in [5.74, 6) is 0. The smallest absolute Gasteiger partial charge is 0.129 e.